The summed E-state index contributed by atoms with van der Waals surface area (Å²) in [5.41, 5.74) is 0. The molecule has 0 aliphatic heterocycles. The van der Waals surface area contributed by atoms with Crippen LogP contribution >= 0.6 is 11.6 Å². The highest BCUT2D eigenvalue weighted by Crippen LogP contribution is 2.11. The van der Waals surface area contributed by atoms with Crippen LogP contribution in [0.5, 0.6) is 0 Å². The number of allylic oxidation sites excluding steroid dienone is 2. The smallest absolute Gasteiger partial charge is 0.224 e. The molecule has 3 nitrogen and oxygen atoms in total. The fourth-order valence-corrected chi connectivity index (χ4v) is 1.12. The third kappa shape index (κ3) is 6.31. The highest BCUT2D eigenvalue weighted by atomic mass is 35.5. The number of nitrogens with one attached hydrogen (secondary N) is 1. The second-order valence-corrected chi connectivity index (χ2v) is 3.93. The molecule has 4 heteroatoms. The van der Waals surface area contributed by atoms with Gasteiger partial charge in [0.25, 0.3) is 0 Å². The number of carbonyl (C=O) groups excluding carboxylic acids is 1. The summed E-state index contributed by atoms with van der Waals surface area (Å²) in [6.45, 7) is 7.18. The Balaban J connectivity index is 4.20. The Morgan fingerprint density at radius 2 is 2.20 bits per heavy atom. The Morgan fingerprint density at radius 1 is 1.60 bits per heavy atom. The number of hydrogen-bond donors (Lipinski definition) is 1. The molecule has 0 saturated heterocycles. The Hall–Kier alpha value is -0.800. The van der Waals surface area contributed by atoms with Crippen LogP contribution in [0.15, 0.2) is 23.8 Å². The van der Waals surface area contributed by atoms with Crippen molar-refractivity contribution < 1.29 is 9.53 Å². The van der Waals surface area contributed by atoms with Gasteiger partial charge < -0.3 is 10.1 Å². The minimum absolute atomic E-state index is 0.0510. The van der Waals surface area contributed by atoms with Gasteiger partial charge in [0.05, 0.1) is 0 Å². The number of methoxy groups -OCH3 is 1. The summed E-state index contributed by atoms with van der Waals surface area (Å²) in [6, 6.07) is 0. The Labute approximate surface area is 96.1 Å². The van der Waals surface area contributed by atoms with E-state index in [4.69, 9.17) is 16.3 Å². The molecule has 0 spiro atoms. The van der Waals surface area contributed by atoms with E-state index in [-0.39, 0.29) is 18.1 Å². The van der Waals surface area contributed by atoms with Crippen LogP contribution in [0.2, 0.25) is 0 Å². The molecule has 0 aromatic heterocycles. The fourth-order valence-electron chi connectivity index (χ4n) is 0.892. The molecule has 0 heterocycles. The molecule has 86 valence electrons. The fraction of sp³-hybridized carbons (Fsp3) is 0.545. The zero-order valence-corrected chi connectivity index (χ0v) is 10.2. The first-order chi connectivity index (χ1) is 7.01. The zero-order chi connectivity index (χ0) is 11.8. The van der Waals surface area contributed by atoms with Crippen molar-refractivity contribution in [1.82, 2.24) is 5.32 Å². The molecule has 15 heavy (non-hydrogen) atoms. The number of amides is 1. The van der Waals surface area contributed by atoms with Crippen molar-refractivity contribution in [2.75, 3.05) is 7.11 Å². The van der Waals surface area contributed by atoms with Gasteiger partial charge in [-0.1, -0.05) is 38.1 Å². The normalized spacial score (nSPS) is 13.8. The summed E-state index contributed by atoms with van der Waals surface area (Å²) < 4.78 is 5.10. The van der Waals surface area contributed by atoms with Crippen LogP contribution in [0, 0.1) is 5.92 Å². The van der Waals surface area contributed by atoms with Crippen LogP contribution in [0.1, 0.15) is 20.3 Å². The lowest BCUT2D eigenvalue weighted by Crippen LogP contribution is -2.38. The Morgan fingerprint density at radius 3 is 2.60 bits per heavy atom. The average Bonchev–Trinajstić information content (AvgIpc) is 2.16. The van der Waals surface area contributed by atoms with E-state index in [1.807, 2.05) is 13.8 Å². The molecule has 0 aliphatic rings. The third-order valence-corrected chi connectivity index (χ3v) is 2.07. The predicted molar refractivity (Wildman–Crippen MR) is 62.5 cm³/mol. The number of hydrogen-bond acceptors (Lipinski definition) is 2. The molecule has 1 amide bonds. The molecule has 0 saturated carbocycles. The van der Waals surface area contributed by atoms with Gasteiger partial charge in [-0.05, 0) is 6.08 Å². The maximum atomic E-state index is 11.4. The molecule has 0 aromatic rings. The van der Waals surface area contributed by atoms with Crippen LogP contribution in [0.4, 0.5) is 0 Å². The Bertz CT molecular complexity index is 249. The van der Waals surface area contributed by atoms with Gasteiger partial charge in [0.15, 0.2) is 0 Å². The lowest BCUT2D eigenvalue weighted by molar-refractivity contribution is -0.127. The predicted octanol–water partition coefficient (Wildman–Crippen LogP) is 2.43. The van der Waals surface area contributed by atoms with Gasteiger partial charge in [0, 0.05) is 24.5 Å². The van der Waals surface area contributed by atoms with E-state index < -0.39 is 0 Å². The van der Waals surface area contributed by atoms with Crippen LogP contribution in [-0.4, -0.2) is 19.2 Å². The van der Waals surface area contributed by atoms with Crippen molar-refractivity contribution in [3.63, 3.8) is 0 Å². The summed E-state index contributed by atoms with van der Waals surface area (Å²) in [6.07, 6.45) is 3.33. The lowest BCUT2D eigenvalue weighted by Gasteiger charge is -2.17. The van der Waals surface area contributed by atoms with Crippen molar-refractivity contribution in [2.24, 2.45) is 5.92 Å². The van der Waals surface area contributed by atoms with E-state index in [0.29, 0.717) is 11.5 Å². The Kier molecular flexibility index (Phi) is 7.09. The first-order valence-electron chi connectivity index (χ1n) is 4.81. The first-order valence-corrected chi connectivity index (χ1v) is 5.19. The number of rotatable bonds is 6. The average molecular weight is 232 g/mol. The zero-order valence-electron chi connectivity index (χ0n) is 9.42. The van der Waals surface area contributed by atoms with Crippen molar-refractivity contribution in [3.05, 3.63) is 23.8 Å². The summed E-state index contributed by atoms with van der Waals surface area (Å²) >= 11 is 5.88. The van der Waals surface area contributed by atoms with Crippen molar-refractivity contribution in [1.29, 1.82) is 0 Å². The van der Waals surface area contributed by atoms with Crippen LogP contribution < -0.4 is 5.32 Å². The van der Waals surface area contributed by atoms with Gasteiger partial charge in [-0.3, -0.25) is 4.79 Å². The summed E-state index contributed by atoms with van der Waals surface area (Å²) in [7, 11) is 1.53. The lowest BCUT2D eigenvalue weighted by atomic mass is 10.2. The van der Waals surface area contributed by atoms with Gasteiger partial charge >= 0.3 is 0 Å². The van der Waals surface area contributed by atoms with E-state index in [0.717, 1.165) is 0 Å². The molecule has 0 fully saturated rings. The summed E-state index contributed by atoms with van der Waals surface area (Å²) in [5, 5.41) is 3.33. The molecular weight excluding hydrogens is 214 g/mol. The van der Waals surface area contributed by atoms with Crippen LogP contribution in [0.25, 0.3) is 0 Å². The molecule has 1 N–H and O–H groups in total. The summed E-state index contributed by atoms with van der Waals surface area (Å²) in [4.78, 5) is 11.4. The third-order valence-electron chi connectivity index (χ3n) is 1.79. The highest BCUT2D eigenvalue weighted by molar-refractivity contribution is 6.29. The molecule has 0 aromatic carbocycles. The van der Waals surface area contributed by atoms with Crippen LogP contribution in [0.3, 0.4) is 0 Å². The summed E-state index contributed by atoms with van der Waals surface area (Å²) in [5.74, 6) is -0.116. The second kappa shape index (κ2) is 7.49. The molecule has 1 atom stereocenters. The van der Waals surface area contributed by atoms with Gasteiger partial charge in [0.2, 0.25) is 5.91 Å². The molecule has 1 unspecified atom stereocenters. The van der Waals surface area contributed by atoms with E-state index in [1.165, 1.54) is 7.11 Å². The van der Waals surface area contributed by atoms with E-state index in [2.05, 4.69) is 11.9 Å². The highest BCUT2D eigenvalue weighted by Gasteiger charge is 2.14. The largest absolute Gasteiger partial charge is 0.361 e. The minimum atomic E-state index is -0.386. The van der Waals surface area contributed by atoms with Gasteiger partial charge in [-0.25, -0.2) is 0 Å². The molecular formula is C11H18ClNO2. The molecule has 0 rings (SSSR count). The topological polar surface area (TPSA) is 38.3 Å². The standard InChI is InChI=1S/C11H18ClNO2/c1-5-6-9(12)7-10(15-4)13-11(14)8(2)3/h5-6,8,10H,1,7H2,2-4H3,(H,13,14)/b9-6+. The number of halogens is 1. The van der Waals surface area contributed by atoms with Crippen molar-refractivity contribution in [3.8, 4) is 0 Å². The van der Waals surface area contributed by atoms with E-state index in [1.54, 1.807) is 12.2 Å². The second-order valence-electron chi connectivity index (χ2n) is 3.44. The van der Waals surface area contributed by atoms with Crippen molar-refractivity contribution >= 4 is 17.5 Å². The van der Waals surface area contributed by atoms with Crippen molar-refractivity contribution in [2.45, 2.75) is 26.5 Å². The number of carbonyl (C=O) groups is 1. The first kappa shape index (κ1) is 14.2. The van der Waals surface area contributed by atoms with Gasteiger partial charge in [-0.2, -0.15) is 0 Å². The van der Waals surface area contributed by atoms with E-state index in [9.17, 15) is 4.79 Å². The van der Waals surface area contributed by atoms with Gasteiger partial charge in [0.1, 0.15) is 6.23 Å². The maximum Gasteiger partial charge on any atom is 0.224 e. The van der Waals surface area contributed by atoms with Crippen LogP contribution in [-0.2, 0) is 9.53 Å². The monoisotopic (exact) mass is 231 g/mol. The minimum Gasteiger partial charge on any atom is -0.361 e. The SMILES string of the molecule is C=C/C=C(/Cl)CC(NC(=O)C(C)C)OC. The number of ether oxygens (including phenoxy) is 1. The van der Waals surface area contributed by atoms with Gasteiger partial charge in [-0.15, -0.1) is 0 Å². The maximum absolute atomic E-state index is 11.4. The molecule has 0 radical (unpaired) electrons. The molecule has 0 aliphatic carbocycles. The molecule has 0 bridgehead atoms. The van der Waals surface area contributed by atoms with E-state index >= 15 is 0 Å². The quantitative estimate of drug-likeness (QED) is 0.563.